The number of aromatic nitrogens is 4. The monoisotopic (exact) mass is 741 g/mol. The van der Waals surface area contributed by atoms with Crippen LogP contribution in [0.15, 0.2) is 212 Å². The summed E-state index contributed by atoms with van der Waals surface area (Å²) < 4.78 is 7.05. The topological polar surface area (TPSA) is 30.9 Å². The average Bonchev–Trinajstić information content (AvgIpc) is 3.93. The van der Waals surface area contributed by atoms with Crippen molar-refractivity contribution >= 4 is 82.5 Å². The van der Waals surface area contributed by atoms with Gasteiger partial charge in [0.2, 0.25) is 0 Å². The van der Waals surface area contributed by atoms with Crippen LogP contribution in [0.4, 0.5) is 17.1 Å². The minimum absolute atomic E-state index is 0.912. The maximum absolute atomic E-state index is 4.74. The summed E-state index contributed by atoms with van der Waals surface area (Å²) in [6, 6.07) is 74.2. The highest BCUT2D eigenvalue weighted by Gasteiger charge is 2.21. The van der Waals surface area contributed by atoms with Crippen molar-refractivity contribution in [1.82, 2.24) is 18.7 Å². The SMILES string of the molecule is c1ccc(N(c2ccc3c(c2)c2ccccc2n3-c2ccccc2)c2ccc3c(c2)c2ccccc2n3-c2ccc3c(c2)c2ccccc2n3-c2ccccn2)cc1. The predicted octanol–water partition coefficient (Wildman–Crippen LogP) is 13.8. The smallest absolute Gasteiger partial charge is 0.137 e. The first-order chi connectivity index (χ1) is 28.8. The first kappa shape index (κ1) is 32.4. The molecule has 0 unspecified atom stereocenters. The molecule has 0 amide bonds. The van der Waals surface area contributed by atoms with Gasteiger partial charge in [0.1, 0.15) is 5.82 Å². The van der Waals surface area contributed by atoms with Gasteiger partial charge >= 0.3 is 0 Å². The van der Waals surface area contributed by atoms with Crippen molar-refractivity contribution in [2.75, 3.05) is 4.90 Å². The second-order valence-corrected chi connectivity index (χ2v) is 14.9. The Bertz CT molecular complexity index is 3500. The lowest BCUT2D eigenvalue weighted by atomic mass is 10.1. The molecule has 4 heterocycles. The Labute approximate surface area is 334 Å². The third-order valence-corrected chi connectivity index (χ3v) is 11.7. The molecule has 272 valence electrons. The van der Waals surface area contributed by atoms with E-state index in [1.54, 1.807) is 0 Å². The van der Waals surface area contributed by atoms with Crippen LogP contribution in [0.3, 0.4) is 0 Å². The van der Waals surface area contributed by atoms with Gasteiger partial charge in [-0.3, -0.25) is 4.57 Å². The number of nitrogens with zero attached hydrogens (tertiary/aromatic N) is 5. The lowest BCUT2D eigenvalue weighted by Gasteiger charge is -2.26. The van der Waals surface area contributed by atoms with E-state index < -0.39 is 0 Å². The second-order valence-electron chi connectivity index (χ2n) is 14.9. The van der Waals surface area contributed by atoms with Gasteiger partial charge in [0, 0.05) is 67.0 Å². The Morgan fingerprint density at radius 2 is 0.741 bits per heavy atom. The highest BCUT2D eigenvalue weighted by Crippen LogP contribution is 2.43. The Morgan fingerprint density at radius 3 is 1.33 bits per heavy atom. The molecule has 0 aliphatic heterocycles. The largest absolute Gasteiger partial charge is 0.310 e. The Balaban J connectivity index is 1.05. The number of rotatable bonds is 6. The van der Waals surface area contributed by atoms with E-state index in [2.05, 4.69) is 213 Å². The first-order valence-electron chi connectivity index (χ1n) is 19.7. The summed E-state index contributed by atoms with van der Waals surface area (Å²) in [5.41, 5.74) is 12.6. The molecule has 0 aliphatic rings. The van der Waals surface area contributed by atoms with Gasteiger partial charge < -0.3 is 14.0 Å². The average molecular weight is 742 g/mol. The third-order valence-electron chi connectivity index (χ3n) is 11.7. The van der Waals surface area contributed by atoms with Gasteiger partial charge in [-0.25, -0.2) is 4.98 Å². The Hall–Kier alpha value is -7.89. The molecule has 0 radical (unpaired) electrons. The van der Waals surface area contributed by atoms with Crippen LogP contribution in [0.5, 0.6) is 0 Å². The molecular weight excluding hydrogens is 707 g/mol. The van der Waals surface area contributed by atoms with Crippen LogP contribution in [0, 0.1) is 0 Å². The molecular formula is C53H35N5. The minimum Gasteiger partial charge on any atom is -0.310 e. The van der Waals surface area contributed by atoms with E-state index in [-0.39, 0.29) is 0 Å². The molecule has 0 spiro atoms. The molecule has 0 bridgehead atoms. The summed E-state index contributed by atoms with van der Waals surface area (Å²) in [4.78, 5) is 7.12. The molecule has 12 rings (SSSR count). The maximum Gasteiger partial charge on any atom is 0.137 e. The number of benzene rings is 8. The van der Waals surface area contributed by atoms with Crippen molar-refractivity contribution < 1.29 is 0 Å². The first-order valence-corrected chi connectivity index (χ1v) is 19.7. The molecule has 4 aromatic heterocycles. The summed E-state index contributed by atoms with van der Waals surface area (Å²) in [6.07, 6.45) is 1.86. The van der Waals surface area contributed by atoms with Crippen LogP contribution < -0.4 is 4.90 Å². The number of hydrogen-bond donors (Lipinski definition) is 0. The van der Waals surface area contributed by atoms with Crippen molar-refractivity contribution in [2.24, 2.45) is 0 Å². The molecule has 5 nitrogen and oxygen atoms in total. The van der Waals surface area contributed by atoms with E-state index in [1.165, 1.54) is 48.9 Å². The number of fused-ring (bicyclic) bond motifs is 9. The van der Waals surface area contributed by atoms with Gasteiger partial charge in [0.25, 0.3) is 0 Å². The predicted molar refractivity (Wildman–Crippen MR) is 242 cm³/mol. The van der Waals surface area contributed by atoms with Gasteiger partial charge in [-0.2, -0.15) is 0 Å². The van der Waals surface area contributed by atoms with Crippen LogP contribution in [0.2, 0.25) is 0 Å². The van der Waals surface area contributed by atoms with Crippen molar-refractivity contribution in [3.05, 3.63) is 212 Å². The van der Waals surface area contributed by atoms with Gasteiger partial charge in [-0.15, -0.1) is 0 Å². The molecule has 5 heteroatoms. The number of para-hydroxylation sites is 5. The van der Waals surface area contributed by atoms with Crippen LogP contribution in [0.1, 0.15) is 0 Å². The zero-order chi connectivity index (χ0) is 38.2. The summed E-state index contributed by atoms with van der Waals surface area (Å²) in [5.74, 6) is 0.912. The number of anilines is 3. The summed E-state index contributed by atoms with van der Waals surface area (Å²) in [5, 5.41) is 7.26. The van der Waals surface area contributed by atoms with Crippen molar-refractivity contribution in [1.29, 1.82) is 0 Å². The van der Waals surface area contributed by atoms with Crippen LogP contribution in [-0.2, 0) is 0 Å². The van der Waals surface area contributed by atoms with Crippen LogP contribution >= 0.6 is 0 Å². The normalized spacial score (nSPS) is 11.8. The summed E-state index contributed by atoms with van der Waals surface area (Å²) in [6.45, 7) is 0. The highest BCUT2D eigenvalue weighted by atomic mass is 15.1. The number of hydrogen-bond acceptors (Lipinski definition) is 2. The standard InChI is InChI=1S/C53H35N5/c1-3-15-36(16-4-1)55(38-26-29-50-44(33-38)41-19-7-10-22-47(41)56(50)37-17-5-2-6-18-37)39-27-30-51-45(34-39)42-20-8-11-23-48(42)57(51)40-28-31-52-46(35-40)43-21-9-12-24-49(43)58(52)53-25-13-14-32-54-53/h1-35H. The molecule has 0 fully saturated rings. The zero-order valence-corrected chi connectivity index (χ0v) is 31.4. The zero-order valence-electron chi connectivity index (χ0n) is 31.4. The molecule has 12 aromatic rings. The third kappa shape index (κ3) is 4.87. The van der Waals surface area contributed by atoms with E-state index >= 15 is 0 Å². The maximum atomic E-state index is 4.74. The van der Waals surface area contributed by atoms with E-state index in [9.17, 15) is 0 Å². The van der Waals surface area contributed by atoms with Crippen LogP contribution in [0.25, 0.3) is 82.6 Å². The van der Waals surface area contributed by atoms with Crippen molar-refractivity contribution in [3.63, 3.8) is 0 Å². The van der Waals surface area contributed by atoms with Crippen molar-refractivity contribution in [2.45, 2.75) is 0 Å². The molecule has 0 N–H and O–H groups in total. The second kappa shape index (κ2) is 12.8. The molecule has 8 aromatic carbocycles. The molecule has 58 heavy (non-hydrogen) atoms. The lowest BCUT2D eigenvalue weighted by molar-refractivity contribution is 1.08. The highest BCUT2D eigenvalue weighted by molar-refractivity contribution is 6.14. The van der Waals surface area contributed by atoms with Gasteiger partial charge in [0.15, 0.2) is 0 Å². The summed E-state index contributed by atoms with van der Waals surface area (Å²) in [7, 11) is 0. The number of pyridine rings is 1. The fourth-order valence-corrected chi connectivity index (χ4v) is 9.19. The quantitative estimate of drug-likeness (QED) is 0.170. The van der Waals surface area contributed by atoms with Gasteiger partial charge in [-0.05, 0) is 109 Å². The van der Waals surface area contributed by atoms with E-state index in [0.29, 0.717) is 0 Å². The summed E-state index contributed by atoms with van der Waals surface area (Å²) >= 11 is 0. The van der Waals surface area contributed by atoms with Gasteiger partial charge in [0.05, 0.1) is 33.1 Å². The Kier molecular flexibility index (Phi) is 7.16. The lowest BCUT2D eigenvalue weighted by Crippen LogP contribution is -2.09. The molecule has 0 saturated carbocycles. The fourth-order valence-electron chi connectivity index (χ4n) is 9.19. The minimum atomic E-state index is 0.912. The molecule has 0 atom stereocenters. The van der Waals surface area contributed by atoms with Gasteiger partial charge in [-0.1, -0.05) is 97.1 Å². The fraction of sp³-hybridized carbons (Fsp3) is 0. The van der Waals surface area contributed by atoms with Crippen molar-refractivity contribution in [3.8, 4) is 17.2 Å². The molecule has 0 aliphatic carbocycles. The molecule has 0 saturated heterocycles. The van der Waals surface area contributed by atoms with E-state index in [4.69, 9.17) is 4.98 Å². The van der Waals surface area contributed by atoms with E-state index in [1.807, 2.05) is 18.3 Å². The van der Waals surface area contributed by atoms with Crippen LogP contribution in [-0.4, -0.2) is 18.7 Å². The van der Waals surface area contributed by atoms with E-state index in [0.717, 1.165) is 50.8 Å². The Morgan fingerprint density at radius 1 is 0.293 bits per heavy atom.